The lowest BCUT2D eigenvalue weighted by Crippen LogP contribution is -2.41. The topological polar surface area (TPSA) is 49.8 Å². The summed E-state index contributed by atoms with van der Waals surface area (Å²) >= 11 is 0. The van der Waals surface area contributed by atoms with E-state index in [2.05, 4.69) is 0 Å². The standard InChI is InChI=1S/C15H23NO3/c1-11-7-6-8-13(12(11)2)19-9-14(17)16(5)10-15(3,4)18/h6-8,18H,9-10H2,1-5H3. The lowest BCUT2D eigenvalue weighted by Gasteiger charge is -2.25. The van der Waals surface area contributed by atoms with Crippen LogP contribution in [0.5, 0.6) is 5.75 Å². The average Bonchev–Trinajstić information content (AvgIpc) is 2.28. The van der Waals surface area contributed by atoms with Crippen molar-refractivity contribution in [2.75, 3.05) is 20.2 Å². The van der Waals surface area contributed by atoms with Crippen molar-refractivity contribution < 1.29 is 14.6 Å². The second kappa shape index (κ2) is 6.06. The Kier molecular flexibility index (Phi) is 4.95. The minimum Gasteiger partial charge on any atom is -0.483 e. The number of amides is 1. The largest absolute Gasteiger partial charge is 0.483 e. The molecule has 0 spiro atoms. The smallest absolute Gasteiger partial charge is 0.260 e. The zero-order valence-corrected chi connectivity index (χ0v) is 12.4. The van der Waals surface area contributed by atoms with E-state index < -0.39 is 5.60 Å². The molecule has 0 saturated carbocycles. The summed E-state index contributed by atoms with van der Waals surface area (Å²) in [5.74, 6) is 0.577. The van der Waals surface area contributed by atoms with Crippen molar-refractivity contribution in [3.63, 3.8) is 0 Å². The maximum atomic E-state index is 11.9. The molecule has 1 aromatic carbocycles. The van der Waals surface area contributed by atoms with Gasteiger partial charge in [-0.3, -0.25) is 4.79 Å². The number of benzene rings is 1. The van der Waals surface area contributed by atoms with Crippen LogP contribution in [-0.4, -0.2) is 41.7 Å². The van der Waals surface area contributed by atoms with E-state index in [0.29, 0.717) is 0 Å². The first-order valence-corrected chi connectivity index (χ1v) is 6.36. The van der Waals surface area contributed by atoms with E-state index in [-0.39, 0.29) is 19.1 Å². The SMILES string of the molecule is Cc1cccc(OCC(=O)N(C)CC(C)(C)O)c1C. The predicted octanol–water partition coefficient (Wildman–Crippen LogP) is 1.91. The lowest BCUT2D eigenvalue weighted by atomic mass is 10.1. The van der Waals surface area contributed by atoms with Gasteiger partial charge in [-0.15, -0.1) is 0 Å². The summed E-state index contributed by atoms with van der Waals surface area (Å²) in [5, 5.41) is 9.67. The minimum absolute atomic E-state index is 0.0170. The second-order valence-corrected chi connectivity index (χ2v) is 5.55. The van der Waals surface area contributed by atoms with Crippen molar-refractivity contribution in [3.05, 3.63) is 29.3 Å². The van der Waals surface area contributed by atoms with Gasteiger partial charge in [-0.05, 0) is 44.9 Å². The van der Waals surface area contributed by atoms with Gasteiger partial charge in [0.2, 0.25) is 0 Å². The van der Waals surface area contributed by atoms with Crippen LogP contribution in [0.4, 0.5) is 0 Å². The Bertz CT molecular complexity index is 449. The van der Waals surface area contributed by atoms with E-state index in [4.69, 9.17) is 4.74 Å². The van der Waals surface area contributed by atoms with E-state index >= 15 is 0 Å². The highest BCUT2D eigenvalue weighted by atomic mass is 16.5. The Morgan fingerprint density at radius 3 is 2.58 bits per heavy atom. The predicted molar refractivity (Wildman–Crippen MR) is 75.3 cm³/mol. The van der Waals surface area contributed by atoms with Crippen LogP contribution in [0.2, 0.25) is 0 Å². The van der Waals surface area contributed by atoms with Crippen LogP contribution in [0.3, 0.4) is 0 Å². The van der Waals surface area contributed by atoms with Gasteiger partial charge >= 0.3 is 0 Å². The first-order chi connectivity index (χ1) is 8.70. The van der Waals surface area contributed by atoms with E-state index in [1.54, 1.807) is 20.9 Å². The highest BCUT2D eigenvalue weighted by Gasteiger charge is 2.19. The van der Waals surface area contributed by atoms with Crippen molar-refractivity contribution in [1.82, 2.24) is 4.90 Å². The molecule has 0 aliphatic carbocycles. The Morgan fingerprint density at radius 2 is 2.00 bits per heavy atom. The molecule has 1 amide bonds. The summed E-state index contributed by atoms with van der Waals surface area (Å²) in [6.07, 6.45) is 0. The first kappa shape index (κ1) is 15.5. The molecule has 1 rings (SSSR count). The molecule has 0 unspecified atom stereocenters. The van der Waals surface area contributed by atoms with Gasteiger partial charge in [0.15, 0.2) is 6.61 Å². The third-order valence-electron chi connectivity index (χ3n) is 2.96. The number of aliphatic hydroxyl groups is 1. The molecule has 0 aromatic heterocycles. The number of rotatable bonds is 5. The van der Waals surface area contributed by atoms with Gasteiger partial charge in [-0.25, -0.2) is 0 Å². The summed E-state index contributed by atoms with van der Waals surface area (Å²) in [7, 11) is 1.66. The number of carbonyl (C=O) groups is 1. The van der Waals surface area contributed by atoms with Crippen LogP contribution in [0.15, 0.2) is 18.2 Å². The normalized spacial score (nSPS) is 11.3. The molecule has 4 heteroatoms. The van der Waals surface area contributed by atoms with Crippen LogP contribution in [0.1, 0.15) is 25.0 Å². The molecular weight excluding hydrogens is 242 g/mol. The van der Waals surface area contributed by atoms with Gasteiger partial charge < -0.3 is 14.7 Å². The summed E-state index contributed by atoms with van der Waals surface area (Å²) in [5.41, 5.74) is 1.28. The Morgan fingerprint density at radius 1 is 1.37 bits per heavy atom. The van der Waals surface area contributed by atoms with Crippen molar-refractivity contribution in [1.29, 1.82) is 0 Å². The number of hydrogen-bond donors (Lipinski definition) is 1. The quantitative estimate of drug-likeness (QED) is 0.884. The second-order valence-electron chi connectivity index (χ2n) is 5.55. The number of likely N-dealkylation sites (N-methyl/N-ethyl adjacent to an activating group) is 1. The monoisotopic (exact) mass is 265 g/mol. The summed E-state index contributed by atoms with van der Waals surface area (Å²) in [6, 6.07) is 5.76. The third-order valence-corrected chi connectivity index (χ3v) is 2.96. The average molecular weight is 265 g/mol. The molecule has 0 fully saturated rings. The molecule has 0 heterocycles. The van der Waals surface area contributed by atoms with Crippen LogP contribution in [0, 0.1) is 13.8 Å². The van der Waals surface area contributed by atoms with Crippen LogP contribution in [-0.2, 0) is 4.79 Å². The van der Waals surface area contributed by atoms with E-state index in [9.17, 15) is 9.90 Å². The minimum atomic E-state index is -0.899. The molecule has 19 heavy (non-hydrogen) atoms. The fourth-order valence-corrected chi connectivity index (χ4v) is 1.80. The van der Waals surface area contributed by atoms with Crippen LogP contribution >= 0.6 is 0 Å². The van der Waals surface area contributed by atoms with Crippen LogP contribution < -0.4 is 4.74 Å². The molecular formula is C15H23NO3. The van der Waals surface area contributed by atoms with Crippen molar-refractivity contribution in [2.45, 2.75) is 33.3 Å². The van der Waals surface area contributed by atoms with Gasteiger partial charge in [0.25, 0.3) is 5.91 Å². The van der Waals surface area contributed by atoms with Gasteiger partial charge in [-0.1, -0.05) is 12.1 Å². The molecule has 1 aromatic rings. The number of ether oxygens (including phenoxy) is 1. The molecule has 0 saturated heterocycles. The maximum Gasteiger partial charge on any atom is 0.260 e. The van der Waals surface area contributed by atoms with E-state index in [1.165, 1.54) is 4.90 Å². The Hall–Kier alpha value is -1.55. The highest BCUT2D eigenvalue weighted by Crippen LogP contribution is 2.20. The molecule has 0 aliphatic rings. The number of hydrogen-bond acceptors (Lipinski definition) is 3. The van der Waals surface area contributed by atoms with Crippen molar-refractivity contribution in [2.24, 2.45) is 0 Å². The third kappa shape index (κ3) is 4.91. The van der Waals surface area contributed by atoms with Crippen LogP contribution in [0.25, 0.3) is 0 Å². The van der Waals surface area contributed by atoms with Gasteiger partial charge in [0.05, 0.1) is 5.60 Å². The van der Waals surface area contributed by atoms with Gasteiger partial charge in [-0.2, -0.15) is 0 Å². The van der Waals surface area contributed by atoms with E-state index in [1.807, 2.05) is 32.0 Å². The summed E-state index contributed by atoms with van der Waals surface area (Å²) < 4.78 is 5.54. The first-order valence-electron chi connectivity index (χ1n) is 6.36. The summed E-state index contributed by atoms with van der Waals surface area (Å²) in [6.45, 7) is 7.57. The molecule has 0 bridgehead atoms. The zero-order chi connectivity index (χ0) is 14.6. The summed E-state index contributed by atoms with van der Waals surface area (Å²) in [4.78, 5) is 13.4. The lowest BCUT2D eigenvalue weighted by molar-refractivity contribution is -0.134. The number of aryl methyl sites for hydroxylation is 1. The molecule has 0 radical (unpaired) electrons. The molecule has 4 nitrogen and oxygen atoms in total. The molecule has 106 valence electrons. The van der Waals surface area contributed by atoms with Crippen molar-refractivity contribution >= 4 is 5.91 Å². The highest BCUT2D eigenvalue weighted by molar-refractivity contribution is 5.77. The fraction of sp³-hybridized carbons (Fsp3) is 0.533. The Labute approximate surface area is 115 Å². The van der Waals surface area contributed by atoms with Gasteiger partial charge in [0, 0.05) is 13.6 Å². The molecule has 0 atom stereocenters. The van der Waals surface area contributed by atoms with Crippen molar-refractivity contribution in [3.8, 4) is 5.75 Å². The Balaban J connectivity index is 2.57. The molecule has 1 N–H and O–H groups in total. The zero-order valence-electron chi connectivity index (χ0n) is 12.4. The van der Waals surface area contributed by atoms with E-state index in [0.717, 1.165) is 16.9 Å². The number of nitrogens with zero attached hydrogens (tertiary/aromatic N) is 1. The maximum absolute atomic E-state index is 11.9. The number of carbonyl (C=O) groups excluding carboxylic acids is 1. The fourth-order valence-electron chi connectivity index (χ4n) is 1.80. The molecule has 0 aliphatic heterocycles. The van der Waals surface area contributed by atoms with Gasteiger partial charge in [0.1, 0.15) is 5.75 Å².